The van der Waals surface area contributed by atoms with Gasteiger partial charge < -0.3 is 19.7 Å². The number of hydrogen-bond donors (Lipinski definition) is 3. The molecule has 0 aliphatic rings. The first-order valence-electron chi connectivity index (χ1n) is 8.91. The highest BCUT2D eigenvalue weighted by atomic mass is 28.4. The standard InChI is InChI=1S/C21H30O4Si/c1-20(2,3)26(17-11-7-5-8-12-17,18-13-9-6-10-14-18)25-16-21(4,24)19(23)15-22/h5-14,19,22-24H,15-16H2,1-4H3/t19-,21+/m0/s1. The van der Waals surface area contributed by atoms with Crippen molar-refractivity contribution in [3.05, 3.63) is 60.7 Å². The Morgan fingerprint density at radius 1 is 0.885 bits per heavy atom. The topological polar surface area (TPSA) is 69.9 Å². The van der Waals surface area contributed by atoms with E-state index in [0.29, 0.717) is 0 Å². The van der Waals surface area contributed by atoms with Gasteiger partial charge in [-0.3, -0.25) is 0 Å². The predicted octanol–water partition coefficient (Wildman–Crippen LogP) is 1.67. The van der Waals surface area contributed by atoms with E-state index in [1.165, 1.54) is 6.92 Å². The third-order valence-corrected chi connectivity index (χ3v) is 9.87. The molecule has 0 amide bonds. The van der Waals surface area contributed by atoms with Crippen molar-refractivity contribution in [3.8, 4) is 0 Å². The Hall–Kier alpha value is -1.50. The van der Waals surface area contributed by atoms with Crippen LogP contribution in [0.15, 0.2) is 60.7 Å². The van der Waals surface area contributed by atoms with E-state index in [0.717, 1.165) is 10.4 Å². The number of aliphatic hydroxyl groups is 3. The summed E-state index contributed by atoms with van der Waals surface area (Å²) >= 11 is 0. The summed E-state index contributed by atoms with van der Waals surface area (Å²) in [6.07, 6.45) is -1.26. The molecule has 0 saturated carbocycles. The molecule has 0 radical (unpaired) electrons. The predicted molar refractivity (Wildman–Crippen MR) is 107 cm³/mol. The minimum Gasteiger partial charge on any atom is -0.404 e. The molecule has 0 fully saturated rings. The van der Waals surface area contributed by atoms with Crippen molar-refractivity contribution in [1.82, 2.24) is 0 Å². The molecule has 2 rings (SSSR count). The average molecular weight is 375 g/mol. The van der Waals surface area contributed by atoms with E-state index in [1.807, 2.05) is 36.4 Å². The van der Waals surface area contributed by atoms with Crippen LogP contribution in [0, 0.1) is 0 Å². The molecule has 0 aliphatic heterocycles. The van der Waals surface area contributed by atoms with E-state index in [9.17, 15) is 15.3 Å². The van der Waals surface area contributed by atoms with Gasteiger partial charge in [0.2, 0.25) is 0 Å². The number of rotatable bonds is 7. The fraction of sp³-hybridized carbons (Fsp3) is 0.429. The van der Waals surface area contributed by atoms with Crippen LogP contribution in [0.1, 0.15) is 27.7 Å². The van der Waals surface area contributed by atoms with E-state index in [4.69, 9.17) is 4.43 Å². The van der Waals surface area contributed by atoms with Crippen molar-refractivity contribution in [1.29, 1.82) is 0 Å². The second-order valence-electron chi connectivity index (χ2n) is 8.01. The first kappa shape index (κ1) is 20.8. The van der Waals surface area contributed by atoms with E-state index in [1.54, 1.807) is 0 Å². The summed E-state index contributed by atoms with van der Waals surface area (Å²) in [5.41, 5.74) is -1.54. The maximum absolute atomic E-state index is 10.6. The monoisotopic (exact) mass is 374 g/mol. The molecule has 0 saturated heterocycles. The van der Waals surface area contributed by atoms with Crippen LogP contribution in [0.3, 0.4) is 0 Å². The lowest BCUT2D eigenvalue weighted by molar-refractivity contribution is -0.105. The van der Waals surface area contributed by atoms with Crippen LogP contribution in [-0.2, 0) is 4.43 Å². The minimum atomic E-state index is -2.77. The van der Waals surface area contributed by atoms with Gasteiger partial charge in [0.05, 0.1) is 13.2 Å². The zero-order valence-corrected chi connectivity index (χ0v) is 17.0. The van der Waals surface area contributed by atoms with Crippen molar-refractivity contribution >= 4 is 18.7 Å². The van der Waals surface area contributed by atoms with Gasteiger partial charge in [0, 0.05) is 0 Å². The van der Waals surface area contributed by atoms with Gasteiger partial charge in [-0.25, -0.2) is 0 Å². The molecule has 2 aromatic rings. The van der Waals surface area contributed by atoms with Crippen LogP contribution < -0.4 is 10.4 Å². The van der Waals surface area contributed by atoms with E-state index in [2.05, 4.69) is 45.0 Å². The van der Waals surface area contributed by atoms with Gasteiger partial charge in [0.1, 0.15) is 11.7 Å². The maximum atomic E-state index is 10.6. The Bertz CT molecular complexity index is 641. The Balaban J connectivity index is 2.58. The maximum Gasteiger partial charge on any atom is 0.261 e. The summed E-state index contributed by atoms with van der Waals surface area (Å²) in [6.45, 7) is 7.36. The quantitative estimate of drug-likeness (QED) is 0.645. The highest BCUT2D eigenvalue weighted by Gasteiger charge is 2.51. The largest absolute Gasteiger partial charge is 0.404 e. The molecule has 0 aromatic heterocycles. The lowest BCUT2D eigenvalue weighted by Crippen LogP contribution is -2.68. The molecule has 0 heterocycles. The molecule has 2 atom stereocenters. The second kappa shape index (κ2) is 8.02. The Morgan fingerprint density at radius 2 is 1.31 bits per heavy atom. The number of hydrogen-bond acceptors (Lipinski definition) is 4. The van der Waals surface area contributed by atoms with Gasteiger partial charge in [0.25, 0.3) is 8.32 Å². The lowest BCUT2D eigenvalue weighted by Gasteiger charge is -2.44. The molecular formula is C21H30O4Si. The van der Waals surface area contributed by atoms with Crippen LogP contribution in [0.4, 0.5) is 0 Å². The van der Waals surface area contributed by atoms with Crippen LogP contribution in [-0.4, -0.2) is 48.6 Å². The van der Waals surface area contributed by atoms with E-state index >= 15 is 0 Å². The molecule has 0 aliphatic carbocycles. The Labute approximate surface area is 157 Å². The normalized spacial score (nSPS) is 16.1. The van der Waals surface area contributed by atoms with Crippen molar-refractivity contribution in [3.63, 3.8) is 0 Å². The first-order valence-corrected chi connectivity index (χ1v) is 10.8. The molecule has 0 spiro atoms. The fourth-order valence-electron chi connectivity index (χ4n) is 3.31. The van der Waals surface area contributed by atoms with Crippen LogP contribution in [0.5, 0.6) is 0 Å². The summed E-state index contributed by atoms with van der Waals surface area (Å²) in [5.74, 6) is 0. The lowest BCUT2D eigenvalue weighted by atomic mass is 10.0. The smallest absolute Gasteiger partial charge is 0.261 e. The summed E-state index contributed by atoms with van der Waals surface area (Å²) in [4.78, 5) is 0. The zero-order chi connectivity index (χ0) is 19.4. The molecular weight excluding hydrogens is 344 g/mol. The van der Waals surface area contributed by atoms with Crippen LogP contribution >= 0.6 is 0 Å². The highest BCUT2D eigenvalue weighted by molar-refractivity contribution is 6.99. The van der Waals surface area contributed by atoms with Gasteiger partial charge >= 0.3 is 0 Å². The van der Waals surface area contributed by atoms with Crippen LogP contribution in [0.25, 0.3) is 0 Å². The van der Waals surface area contributed by atoms with Gasteiger partial charge in [-0.05, 0) is 22.3 Å². The molecule has 0 bridgehead atoms. The van der Waals surface area contributed by atoms with Gasteiger partial charge in [-0.2, -0.15) is 0 Å². The SMILES string of the molecule is CC(C)(C)[Si](OC[C@@](C)(O)[C@@H](O)CO)(c1ccccc1)c1ccccc1. The summed E-state index contributed by atoms with van der Waals surface area (Å²) in [5, 5.41) is 31.8. The summed E-state index contributed by atoms with van der Waals surface area (Å²) in [6, 6.07) is 20.2. The van der Waals surface area contributed by atoms with Crippen molar-refractivity contribution in [2.45, 2.75) is 44.4 Å². The van der Waals surface area contributed by atoms with Gasteiger partial charge in [0.15, 0.2) is 0 Å². The average Bonchev–Trinajstić information content (AvgIpc) is 2.62. The van der Waals surface area contributed by atoms with Gasteiger partial charge in [-0.15, -0.1) is 0 Å². The van der Waals surface area contributed by atoms with Crippen molar-refractivity contribution in [2.24, 2.45) is 0 Å². The van der Waals surface area contributed by atoms with E-state index in [-0.39, 0.29) is 11.6 Å². The molecule has 5 heteroatoms. The zero-order valence-electron chi connectivity index (χ0n) is 16.0. The Kier molecular flexibility index (Phi) is 6.42. The van der Waals surface area contributed by atoms with Crippen molar-refractivity contribution < 1.29 is 19.7 Å². The summed E-state index contributed by atoms with van der Waals surface area (Å²) in [7, 11) is -2.77. The number of aliphatic hydroxyl groups excluding tert-OH is 2. The minimum absolute atomic E-state index is 0.0675. The third-order valence-electron chi connectivity index (χ3n) is 4.89. The van der Waals surface area contributed by atoms with Crippen LogP contribution in [0.2, 0.25) is 5.04 Å². The first-order chi connectivity index (χ1) is 12.1. The molecule has 0 unspecified atom stereocenters. The van der Waals surface area contributed by atoms with Gasteiger partial charge in [-0.1, -0.05) is 81.4 Å². The molecule has 3 N–H and O–H groups in total. The molecule has 4 nitrogen and oxygen atoms in total. The summed E-state index contributed by atoms with van der Waals surface area (Å²) < 4.78 is 6.57. The highest BCUT2D eigenvalue weighted by Crippen LogP contribution is 2.37. The third kappa shape index (κ3) is 4.08. The fourth-order valence-corrected chi connectivity index (χ4v) is 7.97. The molecule has 26 heavy (non-hydrogen) atoms. The molecule has 2 aromatic carbocycles. The Morgan fingerprint density at radius 3 is 1.65 bits per heavy atom. The van der Waals surface area contributed by atoms with E-state index < -0.39 is 26.6 Å². The number of benzene rings is 2. The molecule has 142 valence electrons. The van der Waals surface area contributed by atoms with Crippen molar-refractivity contribution in [2.75, 3.05) is 13.2 Å². The second-order valence-corrected chi connectivity index (χ2v) is 12.3.